The average Bonchev–Trinajstić information content (AvgIpc) is 2.74. The normalized spacial score (nSPS) is 19.1. The first-order chi connectivity index (χ1) is 9.61. The molecule has 21 heavy (non-hydrogen) atoms. The average molecular weight is 316 g/mol. The van der Waals surface area contributed by atoms with Crippen LogP contribution in [0.1, 0.15) is 17.5 Å². The maximum atomic E-state index is 13.0. The van der Waals surface area contributed by atoms with Crippen LogP contribution >= 0.6 is 0 Å². The van der Waals surface area contributed by atoms with Gasteiger partial charge < -0.3 is 4.90 Å². The molecule has 1 fully saturated rings. The predicted molar refractivity (Wildman–Crippen MR) is 73.4 cm³/mol. The van der Waals surface area contributed by atoms with Crippen molar-refractivity contribution in [1.82, 2.24) is 0 Å². The summed E-state index contributed by atoms with van der Waals surface area (Å²) in [5, 5.41) is 9.62. The molecule has 1 unspecified atom stereocenters. The van der Waals surface area contributed by atoms with E-state index < -0.39 is 39.3 Å². The smallest absolute Gasteiger partial charge is 0.305 e. The first-order valence-corrected chi connectivity index (χ1v) is 7.55. The zero-order valence-corrected chi connectivity index (χ0v) is 12.2. The number of nitrogens with zero attached hydrogens (tertiary/aromatic N) is 2. The minimum absolute atomic E-state index is 0.000694. The maximum Gasteiger partial charge on any atom is 0.307 e. The Morgan fingerprint density at radius 2 is 1.90 bits per heavy atom. The van der Waals surface area contributed by atoms with Crippen molar-refractivity contribution in [1.29, 1.82) is 0 Å². The van der Waals surface area contributed by atoms with Crippen LogP contribution in [0.2, 0.25) is 0 Å². The Bertz CT molecular complexity index is 731. The van der Waals surface area contributed by atoms with Gasteiger partial charge in [0.05, 0.1) is 4.92 Å². The molecule has 0 aliphatic carbocycles. The monoisotopic (exact) mass is 316 g/mol. The number of carbonyl (C=O) groups excluding carboxylic acids is 1. The van der Waals surface area contributed by atoms with Gasteiger partial charge in [-0.2, -0.15) is 8.42 Å². The third-order valence-electron chi connectivity index (χ3n) is 3.57. The zero-order chi connectivity index (χ0) is 15.9. The molecule has 0 spiro atoms. The van der Waals surface area contributed by atoms with E-state index in [1.165, 1.54) is 12.1 Å². The molecule has 1 aromatic rings. The largest absolute Gasteiger partial charge is 0.307 e. The molecular weight excluding hydrogens is 303 g/mol. The Morgan fingerprint density at radius 1 is 1.33 bits per heavy atom. The Hall–Kier alpha value is -2.03. The maximum absolute atomic E-state index is 13.0. The van der Waals surface area contributed by atoms with Gasteiger partial charge in [0.25, 0.3) is 5.69 Å². The molecule has 7 nitrogen and oxygen atoms in total. The van der Waals surface area contributed by atoms with Crippen molar-refractivity contribution in [2.45, 2.75) is 25.5 Å². The number of halogens is 1. The fourth-order valence-corrected chi connectivity index (χ4v) is 2.91. The lowest BCUT2D eigenvalue weighted by Crippen LogP contribution is -2.27. The van der Waals surface area contributed by atoms with Crippen molar-refractivity contribution >= 4 is 27.5 Å². The van der Waals surface area contributed by atoms with Crippen LogP contribution in [-0.4, -0.2) is 31.0 Å². The highest BCUT2D eigenvalue weighted by Crippen LogP contribution is 2.35. The van der Waals surface area contributed by atoms with E-state index in [0.717, 1.165) is 10.5 Å². The minimum atomic E-state index is -4.86. The molecule has 1 atom stereocenters. The second-order valence-corrected chi connectivity index (χ2v) is 6.61. The fraction of sp³-hybridized carbons (Fsp3) is 0.417. The minimum Gasteiger partial charge on any atom is -0.305 e. The summed E-state index contributed by atoms with van der Waals surface area (Å²) in [6.07, 6.45) is -0.511. The van der Waals surface area contributed by atoms with E-state index in [1.807, 2.05) is 0 Å². The van der Waals surface area contributed by atoms with Crippen LogP contribution in [-0.2, 0) is 15.0 Å². The number of carbonyl (C=O) groups is 1. The standard InChI is InChI=1S/C12H13FN2O5S/c1-7-3-10(11(15(17)18)4-8(7)2)14-6-9(5-12(14)16)21(13,19)20/h3-4,9H,5-6H2,1-2H3. The van der Waals surface area contributed by atoms with Crippen LogP contribution in [0.5, 0.6) is 0 Å². The van der Waals surface area contributed by atoms with Gasteiger partial charge in [-0.1, -0.05) is 0 Å². The molecule has 2 rings (SSSR count). The van der Waals surface area contributed by atoms with Crippen molar-refractivity contribution in [3.63, 3.8) is 0 Å². The van der Waals surface area contributed by atoms with Gasteiger partial charge >= 0.3 is 10.2 Å². The second kappa shape index (κ2) is 5.06. The molecule has 1 aliphatic rings. The van der Waals surface area contributed by atoms with Crippen molar-refractivity contribution in [2.75, 3.05) is 11.4 Å². The Morgan fingerprint density at radius 3 is 2.38 bits per heavy atom. The highest BCUT2D eigenvalue weighted by atomic mass is 32.3. The predicted octanol–water partition coefficient (Wildman–Crippen LogP) is 1.62. The van der Waals surface area contributed by atoms with Crippen molar-refractivity contribution in [2.24, 2.45) is 0 Å². The molecule has 1 aromatic carbocycles. The number of amides is 1. The third kappa shape index (κ3) is 2.87. The van der Waals surface area contributed by atoms with Gasteiger partial charge in [-0.3, -0.25) is 14.9 Å². The molecule has 1 aliphatic heterocycles. The zero-order valence-electron chi connectivity index (χ0n) is 11.4. The highest BCUT2D eigenvalue weighted by Gasteiger charge is 2.41. The Kier molecular flexibility index (Phi) is 3.70. The summed E-state index contributed by atoms with van der Waals surface area (Å²) in [6, 6.07) is 2.76. The Balaban J connectivity index is 2.50. The molecule has 114 valence electrons. The van der Waals surface area contributed by atoms with Crippen LogP contribution in [0, 0.1) is 24.0 Å². The number of anilines is 1. The molecule has 0 radical (unpaired) electrons. The number of nitro groups is 1. The molecule has 0 aromatic heterocycles. The summed E-state index contributed by atoms with van der Waals surface area (Å²) in [5.41, 5.74) is 1.09. The summed E-state index contributed by atoms with van der Waals surface area (Å²) in [5.74, 6) is -0.646. The van der Waals surface area contributed by atoms with Gasteiger partial charge in [0.1, 0.15) is 10.9 Å². The number of hydrogen-bond acceptors (Lipinski definition) is 5. The van der Waals surface area contributed by atoms with Crippen LogP contribution in [0.3, 0.4) is 0 Å². The first-order valence-electron chi connectivity index (χ1n) is 6.10. The van der Waals surface area contributed by atoms with Gasteiger partial charge in [-0.25, -0.2) is 0 Å². The van der Waals surface area contributed by atoms with Crippen molar-refractivity contribution < 1.29 is 22.0 Å². The van der Waals surface area contributed by atoms with Crippen molar-refractivity contribution in [3.05, 3.63) is 33.4 Å². The molecule has 0 bridgehead atoms. The van der Waals surface area contributed by atoms with E-state index in [-0.39, 0.29) is 11.4 Å². The van der Waals surface area contributed by atoms with E-state index >= 15 is 0 Å². The van der Waals surface area contributed by atoms with Crippen molar-refractivity contribution in [3.8, 4) is 0 Å². The lowest BCUT2D eigenvalue weighted by atomic mass is 10.1. The quantitative estimate of drug-likeness (QED) is 0.479. The van der Waals surface area contributed by atoms with Crippen LogP contribution < -0.4 is 4.90 Å². The fourth-order valence-electron chi connectivity index (χ4n) is 2.24. The summed E-state index contributed by atoms with van der Waals surface area (Å²) in [4.78, 5) is 23.3. The number of rotatable bonds is 3. The summed E-state index contributed by atoms with van der Waals surface area (Å²) in [6.45, 7) is 2.99. The molecule has 1 saturated heterocycles. The van der Waals surface area contributed by atoms with Gasteiger partial charge in [0.15, 0.2) is 0 Å². The number of benzene rings is 1. The molecule has 0 N–H and O–H groups in total. The van der Waals surface area contributed by atoms with Crippen LogP contribution in [0.15, 0.2) is 12.1 Å². The van der Waals surface area contributed by atoms with E-state index in [0.29, 0.717) is 5.56 Å². The first kappa shape index (κ1) is 15.4. The number of hydrogen-bond donors (Lipinski definition) is 0. The molecule has 1 amide bonds. The summed E-state index contributed by atoms with van der Waals surface area (Å²) >= 11 is 0. The van der Waals surface area contributed by atoms with Crippen LogP contribution in [0.25, 0.3) is 0 Å². The van der Waals surface area contributed by atoms with Gasteiger partial charge in [0.2, 0.25) is 5.91 Å². The molecule has 9 heteroatoms. The van der Waals surface area contributed by atoms with Gasteiger partial charge in [-0.15, -0.1) is 3.89 Å². The molecule has 1 heterocycles. The highest BCUT2D eigenvalue weighted by molar-refractivity contribution is 7.87. The van der Waals surface area contributed by atoms with Gasteiger partial charge in [0, 0.05) is 19.0 Å². The summed E-state index contributed by atoms with van der Waals surface area (Å²) < 4.78 is 34.9. The molecule has 0 saturated carbocycles. The van der Waals surface area contributed by atoms with Gasteiger partial charge in [-0.05, 0) is 31.0 Å². The van der Waals surface area contributed by atoms with Crippen LogP contribution in [0.4, 0.5) is 15.3 Å². The van der Waals surface area contributed by atoms with E-state index in [4.69, 9.17) is 0 Å². The third-order valence-corrected chi connectivity index (χ3v) is 4.68. The number of nitro benzene ring substituents is 1. The SMILES string of the molecule is Cc1cc(N2CC(S(=O)(=O)F)CC2=O)c([N+](=O)[O-])cc1C. The lowest BCUT2D eigenvalue weighted by Gasteiger charge is -2.17. The van der Waals surface area contributed by atoms with E-state index in [2.05, 4.69) is 0 Å². The molecular formula is C12H13FN2O5S. The number of aryl methyl sites for hydroxylation is 2. The van der Waals surface area contributed by atoms with E-state index in [9.17, 15) is 27.2 Å². The topological polar surface area (TPSA) is 97.6 Å². The lowest BCUT2D eigenvalue weighted by molar-refractivity contribution is -0.384. The Labute approximate surface area is 120 Å². The summed E-state index contributed by atoms with van der Waals surface area (Å²) in [7, 11) is -4.86. The van der Waals surface area contributed by atoms with E-state index in [1.54, 1.807) is 13.8 Å². The second-order valence-electron chi connectivity index (χ2n) is 4.99.